The SMILES string of the molecule is CC1(C)C(Oc2ccc(Cl)cc2)C1C(=O)OCc1ccc(F)c(Oc2ccccc2)c1. The van der Waals surface area contributed by atoms with Gasteiger partial charge in [-0.25, -0.2) is 4.39 Å². The molecule has 1 fully saturated rings. The number of benzene rings is 3. The molecule has 0 saturated heterocycles. The zero-order valence-electron chi connectivity index (χ0n) is 17.2. The van der Waals surface area contributed by atoms with Gasteiger partial charge in [0, 0.05) is 10.4 Å². The Labute approximate surface area is 185 Å². The smallest absolute Gasteiger partial charge is 0.313 e. The van der Waals surface area contributed by atoms with E-state index >= 15 is 0 Å². The zero-order valence-corrected chi connectivity index (χ0v) is 17.9. The van der Waals surface area contributed by atoms with Crippen LogP contribution in [0.4, 0.5) is 4.39 Å². The van der Waals surface area contributed by atoms with Gasteiger partial charge in [0.05, 0.1) is 0 Å². The van der Waals surface area contributed by atoms with Crippen molar-refractivity contribution in [1.82, 2.24) is 0 Å². The summed E-state index contributed by atoms with van der Waals surface area (Å²) >= 11 is 5.90. The van der Waals surface area contributed by atoms with E-state index in [9.17, 15) is 9.18 Å². The van der Waals surface area contributed by atoms with Crippen molar-refractivity contribution in [1.29, 1.82) is 0 Å². The average molecular weight is 441 g/mol. The highest BCUT2D eigenvalue weighted by Gasteiger charge is 2.65. The van der Waals surface area contributed by atoms with Crippen molar-refractivity contribution in [3.05, 3.63) is 89.2 Å². The van der Waals surface area contributed by atoms with E-state index in [2.05, 4.69) is 0 Å². The van der Waals surface area contributed by atoms with Gasteiger partial charge in [-0.1, -0.05) is 49.7 Å². The van der Waals surface area contributed by atoms with E-state index < -0.39 is 5.82 Å². The minimum atomic E-state index is -0.487. The predicted octanol–water partition coefficient (Wildman–Crippen LogP) is 6.42. The van der Waals surface area contributed by atoms with Gasteiger partial charge in [0.1, 0.15) is 30.1 Å². The number of esters is 1. The van der Waals surface area contributed by atoms with Crippen LogP contribution in [0.25, 0.3) is 0 Å². The Bertz CT molecular complexity index is 1070. The van der Waals surface area contributed by atoms with E-state index in [0.29, 0.717) is 22.1 Å². The van der Waals surface area contributed by atoms with Gasteiger partial charge < -0.3 is 14.2 Å². The van der Waals surface area contributed by atoms with Crippen molar-refractivity contribution in [3.63, 3.8) is 0 Å². The maximum atomic E-state index is 14.1. The van der Waals surface area contributed by atoms with Crippen LogP contribution in [0, 0.1) is 17.2 Å². The summed E-state index contributed by atoms with van der Waals surface area (Å²) in [6.07, 6.45) is -0.286. The molecule has 0 aliphatic heterocycles. The Morgan fingerprint density at radius 3 is 2.42 bits per heavy atom. The monoisotopic (exact) mass is 440 g/mol. The second kappa shape index (κ2) is 8.60. The molecule has 0 amide bonds. The summed E-state index contributed by atoms with van der Waals surface area (Å²) in [5.41, 5.74) is 0.287. The summed E-state index contributed by atoms with van der Waals surface area (Å²) in [5, 5.41) is 0.619. The first-order chi connectivity index (χ1) is 14.8. The molecular formula is C25H22ClFO4. The maximum absolute atomic E-state index is 14.1. The normalized spacial score (nSPS) is 18.8. The molecule has 31 heavy (non-hydrogen) atoms. The molecule has 2 atom stereocenters. The van der Waals surface area contributed by atoms with Gasteiger partial charge in [-0.3, -0.25) is 4.79 Å². The highest BCUT2D eigenvalue weighted by molar-refractivity contribution is 6.30. The first-order valence-corrected chi connectivity index (χ1v) is 10.3. The molecule has 0 N–H and O–H groups in total. The Balaban J connectivity index is 1.37. The van der Waals surface area contributed by atoms with Crippen LogP contribution in [0.3, 0.4) is 0 Å². The lowest BCUT2D eigenvalue weighted by atomic mass is 10.1. The van der Waals surface area contributed by atoms with Crippen LogP contribution in [-0.4, -0.2) is 12.1 Å². The molecule has 0 spiro atoms. The third-order valence-corrected chi connectivity index (χ3v) is 5.66. The summed E-state index contributed by atoms with van der Waals surface area (Å²) < 4.78 is 31.2. The molecule has 0 bridgehead atoms. The van der Waals surface area contributed by atoms with E-state index in [0.717, 1.165) is 0 Å². The fourth-order valence-corrected chi connectivity index (χ4v) is 3.60. The zero-order chi connectivity index (χ0) is 22.0. The lowest BCUT2D eigenvalue weighted by molar-refractivity contribution is -0.147. The lowest BCUT2D eigenvalue weighted by Gasteiger charge is -2.10. The minimum Gasteiger partial charge on any atom is -0.489 e. The van der Waals surface area contributed by atoms with Crippen molar-refractivity contribution in [2.24, 2.45) is 11.3 Å². The van der Waals surface area contributed by atoms with E-state index in [1.165, 1.54) is 12.1 Å². The number of ether oxygens (including phenoxy) is 3. The predicted molar refractivity (Wildman–Crippen MR) is 116 cm³/mol. The Kier molecular flexibility index (Phi) is 5.88. The second-order valence-electron chi connectivity index (χ2n) is 8.08. The van der Waals surface area contributed by atoms with Crippen LogP contribution >= 0.6 is 11.6 Å². The molecule has 4 rings (SSSR count). The molecule has 4 nitrogen and oxygen atoms in total. The largest absolute Gasteiger partial charge is 0.489 e. The molecule has 6 heteroatoms. The topological polar surface area (TPSA) is 44.8 Å². The van der Waals surface area contributed by atoms with Gasteiger partial charge in [0.25, 0.3) is 0 Å². The number of hydrogen-bond acceptors (Lipinski definition) is 4. The number of para-hydroxylation sites is 1. The molecule has 3 aromatic carbocycles. The minimum absolute atomic E-state index is 0.0184. The Hall–Kier alpha value is -3.05. The van der Waals surface area contributed by atoms with E-state index in [4.69, 9.17) is 25.8 Å². The summed E-state index contributed by atoms with van der Waals surface area (Å²) in [6, 6.07) is 20.4. The number of hydrogen-bond donors (Lipinski definition) is 0. The number of halogens is 2. The van der Waals surface area contributed by atoms with Gasteiger partial charge in [-0.15, -0.1) is 0 Å². The number of carbonyl (C=O) groups excluding carboxylic acids is 1. The molecule has 0 aromatic heterocycles. The average Bonchev–Trinajstić information content (AvgIpc) is 3.30. The number of carbonyl (C=O) groups is 1. The van der Waals surface area contributed by atoms with Gasteiger partial charge in [0.15, 0.2) is 11.6 Å². The third-order valence-electron chi connectivity index (χ3n) is 5.41. The summed E-state index contributed by atoms with van der Waals surface area (Å²) in [4.78, 5) is 12.7. The fraction of sp³-hybridized carbons (Fsp3) is 0.240. The first kappa shape index (κ1) is 21.2. The van der Waals surface area contributed by atoms with Gasteiger partial charge >= 0.3 is 5.97 Å². The molecule has 2 unspecified atom stereocenters. The van der Waals surface area contributed by atoms with Crippen molar-refractivity contribution in [2.45, 2.75) is 26.6 Å². The summed E-state index contributed by atoms with van der Waals surface area (Å²) in [5.74, 6) is 0.0353. The first-order valence-electron chi connectivity index (χ1n) is 9.95. The molecule has 0 heterocycles. The van der Waals surface area contributed by atoms with Crippen LogP contribution in [-0.2, 0) is 16.1 Å². The van der Waals surface area contributed by atoms with Crippen molar-refractivity contribution in [2.75, 3.05) is 0 Å². The summed E-state index contributed by atoms with van der Waals surface area (Å²) in [6.45, 7) is 3.94. The Morgan fingerprint density at radius 1 is 1.00 bits per heavy atom. The van der Waals surface area contributed by atoms with Crippen LogP contribution in [0.1, 0.15) is 19.4 Å². The van der Waals surface area contributed by atoms with Gasteiger partial charge in [0.2, 0.25) is 0 Å². The van der Waals surface area contributed by atoms with Crippen LogP contribution < -0.4 is 9.47 Å². The van der Waals surface area contributed by atoms with E-state index in [1.54, 1.807) is 54.6 Å². The fourth-order valence-electron chi connectivity index (χ4n) is 3.47. The summed E-state index contributed by atoms with van der Waals surface area (Å²) in [7, 11) is 0. The second-order valence-corrected chi connectivity index (χ2v) is 8.52. The van der Waals surface area contributed by atoms with Crippen LogP contribution in [0.2, 0.25) is 5.02 Å². The maximum Gasteiger partial charge on any atom is 0.313 e. The molecule has 3 aromatic rings. The molecule has 1 saturated carbocycles. The highest BCUT2D eigenvalue weighted by atomic mass is 35.5. The molecule has 160 valence electrons. The molecule has 1 aliphatic carbocycles. The molecular weight excluding hydrogens is 419 g/mol. The van der Waals surface area contributed by atoms with Crippen molar-refractivity contribution >= 4 is 17.6 Å². The van der Waals surface area contributed by atoms with Gasteiger partial charge in [-0.05, 0) is 54.1 Å². The lowest BCUT2D eigenvalue weighted by Crippen LogP contribution is -2.12. The number of rotatable bonds is 7. The van der Waals surface area contributed by atoms with Gasteiger partial charge in [-0.2, -0.15) is 0 Å². The third kappa shape index (κ3) is 4.83. The Morgan fingerprint density at radius 2 is 1.71 bits per heavy atom. The van der Waals surface area contributed by atoms with E-state index in [-0.39, 0.29) is 35.8 Å². The van der Waals surface area contributed by atoms with Crippen molar-refractivity contribution in [3.8, 4) is 17.2 Å². The highest BCUT2D eigenvalue weighted by Crippen LogP contribution is 2.54. The van der Waals surface area contributed by atoms with Crippen molar-refractivity contribution < 1.29 is 23.4 Å². The van der Waals surface area contributed by atoms with Crippen LogP contribution in [0.5, 0.6) is 17.2 Å². The van der Waals surface area contributed by atoms with Crippen LogP contribution in [0.15, 0.2) is 72.8 Å². The molecule has 1 aliphatic rings. The molecule has 0 radical (unpaired) electrons. The quantitative estimate of drug-likeness (QED) is 0.398. The van der Waals surface area contributed by atoms with E-state index in [1.807, 2.05) is 19.9 Å². The standard InChI is InChI=1S/C25H22ClFO4/c1-25(2)22(23(25)31-19-11-9-17(26)10-12-19)24(28)29-15-16-8-13-20(27)21(14-16)30-18-6-4-3-5-7-18/h3-14,22-23H,15H2,1-2H3.